The summed E-state index contributed by atoms with van der Waals surface area (Å²) in [6, 6.07) is 5.79. The summed E-state index contributed by atoms with van der Waals surface area (Å²) in [6.45, 7) is 5.70. The van der Waals surface area contributed by atoms with Crippen molar-refractivity contribution >= 4 is 11.4 Å². The van der Waals surface area contributed by atoms with Crippen LogP contribution in [0.1, 0.15) is 11.1 Å². The summed E-state index contributed by atoms with van der Waals surface area (Å²) >= 11 is 0. The molecule has 1 aromatic rings. The van der Waals surface area contributed by atoms with E-state index in [0.717, 1.165) is 16.8 Å². The smallest absolute Gasteiger partial charge is 0.121 e. The summed E-state index contributed by atoms with van der Waals surface area (Å²) in [4.78, 5) is 0. The van der Waals surface area contributed by atoms with Gasteiger partial charge in [-0.2, -0.15) is 0 Å². The number of para-hydroxylation sites is 1. The minimum atomic E-state index is 0.608. The maximum Gasteiger partial charge on any atom is 0.121 e. The molecule has 0 atom stereocenters. The van der Waals surface area contributed by atoms with E-state index in [1.54, 1.807) is 7.11 Å². The molecular weight excluding hydrogens is 150 g/mol. The van der Waals surface area contributed by atoms with Crippen LogP contribution in [0.2, 0.25) is 0 Å². The number of anilines is 1. The van der Waals surface area contributed by atoms with Gasteiger partial charge in [-0.1, -0.05) is 18.7 Å². The van der Waals surface area contributed by atoms with E-state index in [2.05, 4.69) is 6.58 Å². The van der Waals surface area contributed by atoms with Gasteiger partial charge in [0.25, 0.3) is 0 Å². The van der Waals surface area contributed by atoms with Crippen LogP contribution in [0.5, 0.6) is 0 Å². The summed E-state index contributed by atoms with van der Waals surface area (Å²) < 4.78 is 5.00. The minimum Gasteiger partial charge on any atom is -0.497 e. The second-order valence-corrected chi connectivity index (χ2v) is 2.66. The molecular formula is C10H13NO. The molecule has 0 aromatic heterocycles. The Morgan fingerprint density at radius 1 is 1.50 bits per heavy atom. The summed E-state index contributed by atoms with van der Waals surface area (Å²) in [5, 5.41) is 0. The molecule has 0 aliphatic carbocycles. The van der Waals surface area contributed by atoms with Crippen LogP contribution in [-0.2, 0) is 4.74 Å². The van der Waals surface area contributed by atoms with Crippen LogP contribution in [0.15, 0.2) is 24.8 Å². The summed E-state index contributed by atoms with van der Waals surface area (Å²) in [6.07, 6.45) is 0. The third-order valence-electron chi connectivity index (χ3n) is 1.87. The Labute approximate surface area is 72.7 Å². The van der Waals surface area contributed by atoms with E-state index in [1.165, 1.54) is 0 Å². The number of nitrogens with two attached hydrogens (primary N) is 1. The van der Waals surface area contributed by atoms with Gasteiger partial charge in [-0.3, -0.25) is 0 Å². The lowest BCUT2D eigenvalue weighted by atomic mass is 10.1. The molecule has 0 heterocycles. The van der Waals surface area contributed by atoms with E-state index in [0.29, 0.717) is 5.76 Å². The topological polar surface area (TPSA) is 35.2 Å². The first-order chi connectivity index (χ1) is 5.66. The Kier molecular flexibility index (Phi) is 2.38. The largest absolute Gasteiger partial charge is 0.497 e. The third-order valence-corrected chi connectivity index (χ3v) is 1.87. The molecule has 2 N–H and O–H groups in total. The van der Waals surface area contributed by atoms with Crippen molar-refractivity contribution in [2.45, 2.75) is 6.92 Å². The number of hydrogen-bond acceptors (Lipinski definition) is 2. The van der Waals surface area contributed by atoms with Crippen molar-refractivity contribution in [3.05, 3.63) is 35.9 Å². The van der Waals surface area contributed by atoms with Crippen LogP contribution in [0.4, 0.5) is 5.69 Å². The van der Waals surface area contributed by atoms with E-state index in [4.69, 9.17) is 10.5 Å². The monoisotopic (exact) mass is 163 g/mol. The first-order valence-corrected chi connectivity index (χ1v) is 3.75. The Morgan fingerprint density at radius 2 is 2.17 bits per heavy atom. The van der Waals surface area contributed by atoms with Gasteiger partial charge in [-0.25, -0.2) is 0 Å². The van der Waals surface area contributed by atoms with Crippen molar-refractivity contribution in [2.75, 3.05) is 12.8 Å². The molecule has 2 heteroatoms. The van der Waals surface area contributed by atoms with Crippen molar-refractivity contribution in [3.8, 4) is 0 Å². The molecule has 64 valence electrons. The number of nitrogen functional groups attached to an aromatic ring is 1. The zero-order valence-corrected chi connectivity index (χ0v) is 7.42. The van der Waals surface area contributed by atoms with Crippen LogP contribution in [0.25, 0.3) is 5.76 Å². The SMILES string of the molecule is C=C(OC)c1cccc(C)c1N. The van der Waals surface area contributed by atoms with Gasteiger partial charge in [-0.05, 0) is 18.6 Å². The molecule has 0 aliphatic heterocycles. The Morgan fingerprint density at radius 3 is 2.75 bits per heavy atom. The van der Waals surface area contributed by atoms with Crippen LogP contribution in [-0.4, -0.2) is 7.11 Å². The standard InChI is InChI=1S/C10H13NO/c1-7-5-4-6-9(10(7)11)8(2)12-3/h4-6H,2,11H2,1,3H3. The van der Waals surface area contributed by atoms with E-state index in [9.17, 15) is 0 Å². The van der Waals surface area contributed by atoms with Crippen LogP contribution in [0, 0.1) is 6.92 Å². The summed E-state index contributed by atoms with van der Waals surface area (Å²) in [5.74, 6) is 0.608. The van der Waals surface area contributed by atoms with E-state index >= 15 is 0 Å². The minimum absolute atomic E-state index is 0.608. The highest BCUT2D eigenvalue weighted by Gasteiger charge is 2.04. The fourth-order valence-electron chi connectivity index (χ4n) is 1.03. The van der Waals surface area contributed by atoms with Gasteiger partial charge < -0.3 is 10.5 Å². The highest BCUT2D eigenvalue weighted by molar-refractivity contribution is 5.71. The van der Waals surface area contributed by atoms with Crippen molar-refractivity contribution < 1.29 is 4.74 Å². The average molecular weight is 163 g/mol. The molecule has 0 aliphatic rings. The number of benzene rings is 1. The maximum absolute atomic E-state index is 5.82. The quantitative estimate of drug-likeness (QED) is 0.535. The molecule has 0 spiro atoms. The predicted molar refractivity (Wildman–Crippen MR) is 51.6 cm³/mol. The zero-order valence-electron chi connectivity index (χ0n) is 7.42. The lowest BCUT2D eigenvalue weighted by Gasteiger charge is -2.09. The molecule has 1 aromatic carbocycles. The molecule has 12 heavy (non-hydrogen) atoms. The number of methoxy groups -OCH3 is 1. The number of hydrogen-bond donors (Lipinski definition) is 1. The molecule has 1 rings (SSSR count). The lowest BCUT2D eigenvalue weighted by molar-refractivity contribution is 0.371. The fraction of sp³-hybridized carbons (Fsp3) is 0.200. The molecule has 0 unspecified atom stereocenters. The molecule has 0 saturated carbocycles. The summed E-state index contributed by atoms with van der Waals surface area (Å²) in [5.41, 5.74) is 8.48. The Bertz CT molecular complexity index is 305. The summed E-state index contributed by atoms with van der Waals surface area (Å²) in [7, 11) is 1.59. The van der Waals surface area contributed by atoms with Gasteiger partial charge in [-0.15, -0.1) is 0 Å². The van der Waals surface area contributed by atoms with E-state index < -0.39 is 0 Å². The molecule has 0 fully saturated rings. The highest BCUT2D eigenvalue weighted by atomic mass is 16.5. The maximum atomic E-state index is 5.82. The Balaban J connectivity index is 3.16. The molecule has 0 bridgehead atoms. The third kappa shape index (κ3) is 1.42. The van der Waals surface area contributed by atoms with Gasteiger partial charge in [0.15, 0.2) is 0 Å². The second kappa shape index (κ2) is 3.30. The molecule has 0 amide bonds. The van der Waals surface area contributed by atoms with Gasteiger partial charge in [0.2, 0.25) is 0 Å². The highest BCUT2D eigenvalue weighted by Crippen LogP contribution is 2.23. The van der Waals surface area contributed by atoms with Gasteiger partial charge >= 0.3 is 0 Å². The van der Waals surface area contributed by atoms with E-state index in [-0.39, 0.29) is 0 Å². The molecule has 0 radical (unpaired) electrons. The predicted octanol–water partition coefficient (Wildman–Crippen LogP) is 2.19. The number of ether oxygens (including phenoxy) is 1. The van der Waals surface area contributed by atoms with Crippen LogP contribution >= 0.6 is 0 Å². The molecule has 0 saturated heterocycles. The average Bonchev–Trinajstić information content (AvgIpc) is 2.08. The second-order valence-electron chi connectivity index (χ2n) is 2.66. The Hall–Kier alpha value is -1.44. The molecule has 2 nitrogen and oxygen atoms in total. The first kappa shape index (κ1) is 8.65. The van der Waals surface area contributed by atoms with Crippen LogP contribution in [0.3, 0.4) is 0 Å². The van der Waals surface area contributed by atoms with Crippen molar-refractivity contribution in [1.29, 1.82) is 0 Å². The van der Waals surface area contributed by atoms with Crippen molar-refractivity contribution in [1.82, 2.24) is 0 Å². The number of aryl methyl sites for hydroxylation is 1. The van der Waals surface area contributed by atoms with Crippen molar-refractivity contribution in [3.63, 3.8) is 0 Å². The number of rotatable bonds is 2. The van der Waals surface area contributed by atoms with E-state index in [1.807, 2.05) is 25.1 Å². The van der Waals surface area contributed by atoms with Gasteiger partial charge in [0.1, 0.15) is 5.76 Å². The lowest BCUT2D eigenvalue weighted by Crippen LogP contribution is -1.96. The normalized spacial score (nSPS) is 9.50. The zero-order chi connectivity index (χ0) is 9.14. The van der Waals surface area contributed by atoms with Gasteiger partial charge in [0.05, 0.1) is 7.11 Å². The first-order valence-electron chi connectivity index (χ1n) is 3.75. The van der Waals surface area contributed by atoms with Gasteiger partial charge in [0, 0.05) is 11.3 Å². The fourth-order valence-corrected chi connectivity index (χ4v) is 1.03. The van der Waals surface area contributed by atoms with Crippen LogP contribution < -0.4 is 5.73 Å². The van der Waals surface area contributed by atoms with Crippen molar-refractivity contribution in [2.24, 2.45) is 0 Å².